The first kappa shape index (κ1) is 13.4. The zero-order valence-electron chi connectivity index (χ0n) is 11.6. The summed E-state index contributed by atoms with van der Waals surface area (Å²) >= 11 is 0. The number of urea groups is 1. The minimum Gasteiger partial charge on any atom is -0.494 e. The Hall–Kier alpha value is -2.04. The fraction of sp³-hybridized carbons (Fsp3) is 0.429. The molecule has 1 unspecified atom stereocenters. The summed E-state index contributed by atoms with van der Waals surface area (Å²) in [5, 5.41) is 4.95. The van der Waals surface area contributed by atoms with E-state index < -0.39 is 11.6 Å². The molecule has 102 valence electrons. The first-order valence-corrected chi connectivity index (χ1v) is 6.26. The first-order chi connectivity index (χ1) is 8.88. The molecule has 0 radical (unpaired) electrons. The zero-order valence-corrected chi connectivity index (χ0v) is 11.6. The standard InChI is InChI=1S/C14H18N2O3/c1-5-19-11-7-8(2)10(6-9(11)3)14(4)12(17)15-13(18)16-14/h6-7H,5H2,1-4H3,(H2,15,16,17,18). The van der Waals surface area contributed by atoms with E-state index in [0.29, 0.717) is 6.61 Å². The van der Waals surface area contributed by atoms with Gasteiger partial charge in [-0.2, -0.15) is 0 Å². The van der Waals surface area contributed by atoms with Gasteiger partial charge in [-0.15, -0.1) is 0 Å². The Bertz CT molecular complexity index is 554. The van der Waals surface area contributed by atoms with Gasteiger partial charge in [0.15, 0.2) is 0 Å². The Morgan fingerprint density at radius 3 is 2.42 bits per heavy atom. The molecule has 0 aliphatic carbocycles. The third-order valence-corrected chi connectivity index (χ3v) is 3.41. The fourth-order valence-corrected chi connectivity index (χ4v) is 2.37. The van der Waals surface area contributed by atoms with Crippen molar-refractivity contribution in [2.75, 3.05) is 6.61 Å². The van der Waals surface area contributed by atoms with Crippen molar-refractivity contribution in [1.29, 1.82) is 0 Å². The Balaban J connectivity index is 2.49. The highest BCUT2D eigenvalue weighted by Crippen LogP contribution is 2.32. The van der Waals surface area contributed by atoms with Crippen LogP contribution in [0.1, 0.15) is 30.5 Å². The molecule has 0 saturated carbocycles. The molecule has 1 aliphatic heterocycles. The van der Waals surface area contributed by atoms with Gasteiger partial charge in [-0.25, -0.2) is 4.79 Å². The van der Waals surface area contributed by atoms with Crippen LogP contribution in [0.3, 0.4) is 0 Å². The molecule has 19 heavy (non-hydrogen) atoms. The molecular formula is C14H18N2O3. The molecule has 0 aromatic heterocycles. The number of rotatable bonds is 3. The molecule has 1 atom stereocenters. The molecule has 1 saturated heterocycles. The second-order valence-corrected chi connectivity index (χ2v) is 4.90. The van der Waals surface area contributed by atoms with Gasteiger partial charge in [-0.05, 0) is 56.5 Å². The molecule has 5 heteroatoms. The van der Waals surface area contributed by atoms with Crippen LogP contribution in [-0.4, -0.2) is 18.5 Å². The van der Waals surface area contributed by atoms with E-state index in [1.807, 2.05) is 32.9 Å². The predicted molar refractivity (Wildman–Crippen MR) is 71.1 cm³/mol. The molecule has 2 rings (SSSR count). The Labute approximate surface area is 112 Å². The van der Waals surface area contributed by atoms with Crippen molar-refractivity contribution in [3.8, 4) is 5.75 Å². The van der Waals surface area contributed by atoms with Gasteiger partial charge in [0.2, 0.25) is 0 Å². The summed E-state index contributed by atoms with van der Waals surface area (Å²) in [5.41, 5.74) is 1.62. The van der Waals surface area contributed by atoms with Crippen molar-refractivity contribution >= 4 is 11.9 Å². The zero-order chi connectivity index (χ0) is 14.2. The van der Waals surface area contributed by atoms with Gasteiger partial charge < -0.3 is 10.1 Å². The summed E-state index contributed by atoms with van der Waals surface area (Å²) in [5.74, 6) is 0.473. The molecule has 2 N–H and O–H groups in total. The highest BCUT2D eigenvalue weighted by Gasteiger charge is 2.44. The Morgan fingerprint density at radius 2 is 1.89 bits per heavy atom. The minimum absolute atomic E-state index is 0.329. The average Bonchev–Trinajstić information content (AvgIpc) is 2.58. The van der Waals surface area contributed by atoms with E-state index in [0.717, 1.165) is 22.4 Å². The third kappa shape index (κ3) is 2.16. The van der Waals surface area contributed by atoms with E-state index in [9.17, 15) is 9.59 Å². The molecule has 0 bridgehead atoms. The number of carbonyl (C=O) groups is 2. The van der Waals surface area contributed by atoms with Crippen molar-refractivity contribution in [1.82, 2.24) is 10.6 Å². The number of ether oxygens (including phenoxy) is 1. The lowest BCUT2D eigenvalue weighted by atomic mass is 9.87. The summed E-state index contributed by atoms with van der Waals surface area (Å²) in [6.45, 7) is 8.05. The maximum absolute atomic E-state index is 12.0. The van der Waals surface area contributed by atoms with E-state index in [-0.39, 0.29) is 5.91 Å². The fourth-order valence-electron chi connectivity index (χ4n) is 2.37. The van der Waals surface area contributed by atoms with Crippen LogP contribution >= 0.6 is 0 Å². The van der Waals surface area contributed by atoms with Crippen molar-refractivity contribution in [3.63, 3.8) is 0 Å². The quantitative estimate of drug-likeness (QED) is 0.816. The third-order valence-electron chi connectivity index (χ3n) is 3.41. The van der Waals surface area contributed by atoms with Crippen LogP contribution in [-0.2, 0) is 10.3 Å². The second-order valence-electron chi connectivity index (χ2n) is 4.90. The maximum Gasteiger partial charge on any atom is 0.322 e. The first-order valence-electron chi connectivity index (χ1n) is 6.26. The summed E-state index contributed by atoms with van der Waals surface area (Å²) in [7, 11) is 0. The highest BCUT2D eigenvalue weighted by atomic mass is 16.5. The lowest BCUT2D eigenvalue weighted by Crippen LogP contribution is -2.41. The van der Waals surface area contributed by atoms with E-state index in [2.05, 4.69) is 10.6 Å². The summed E-state index contributed by atoms with van der Waals surface area (Å²) in [6.07, 6.45) is 0. The summed E-state index contributed by atoms with van der Waals surface area (Å²) in [6, 6.07) is 3.33. The molecule has 0 spiro atoms. The molecule has 1 heterocycles. The minimum atomic E-state index is -1.02. The molecule has 1 aliphatic rings. The smallest absolute Gasteiger partial charge is 0.322 e. The van der Waals surface area contributed by atoms with Crippen molar-refractivity contribution < 1.29 is 14.3 Å². The van der Waals surface area contributed by atoms with Gasteiger partial charge in [0.05, 0.1) is 6.61 Å². The van der Waals surface area contributed by atoms with Crippen LogP contribution in [0.25, 0.3) is 0 Å². The van der Waals surface area contributed by atoms with E-state index in [1.54, 1.807) is 6.92 Å². The normalized spacial score (nSPS) is 22.1. The highest BCUT2D eigenvalue weighted by molar-refractivity contribution is 6.07. The van der Waals surface area contributed by atoms with Gasteiger partial charge >= 0.3 is 6.03 Å². The largest absolute Gasteiger partial charge is 0.494 e. The number of hydrogen-bond acceptors (Lipinski definition) is 3. The molecule has 1 aromatic rings. The predicted octanol–water partition coefficient (Wildman–Crippen LogP) is 1.76. The van der Waals surface area contributed by atoms with Crippen LogP contribution < -0.4 is 15.4 Å². The van der Waals surface area contributed by atoms with E-state index >= 15 is 0 Å². The van der Waals surface area contributed by atoms with Crippen molar-refractivity contribution in [3.05, 3.63) is 28.8 Å². The molecule has 1 fully saturated rings. The van der Waals surface area contributed by atoms with E-state index in [1.165, 1.54) is 0 Å². The van der Waals surface area contributed by atoms with Crippen LogP contribution in [0.5, 0.6) is 5.75 Å². The Morgan fingerprint density at radius 1 is 1.21 bits per heavy atom. The topological polar surface area (TPSA) is 67.4 Å². The number of hydrogen-bond donors (Lipinski definition) is 2. The van der Waals surface area contributed by atoms with Crippen LogP contribution in [0.4, 0.5) is 4.79 Å². The van der Waals surface area contributed by atoms with Gasteiger partial charge in [0.25, 0.3) is 5.91 Å². The van der Waals surface area contributed by atoms with Gasteiger partial charge in [0, 0.05) is 0 Å². The van der Waals surface area contributed by atoms with Crippen LogP contribution in [0, 0.1) is 13.8 Å². The van der Waals surface area contributed by atoms with Crippen molar-refractivity contribution in [2.45, 2.75) is 33.2 Å². The lowest BCUT2D eigenvalue weighted by molar-refractivity contribution is -0.123. The number of imide groups is 1. The molecule has 3 amide bonds. The van der Waals surface area contributed by atoms with E-state index in [4.69, 9.17) is 4.74 Å². The van der Waals surface area contributed by atoms with Crippen LogP contribution in [0.2, 0.25) is 0 Å². The number of carbonyl (C=O) groups excluding carboxylic acids is 2. The lowest BCUT2D eigenvalue weighted by Gasteiger charge is -2.24. The van der Waals surface area contributed by atoms with Gasteiger partial charge in [-0.3, -0.25) is 10.1 Å². The SMILES string of the molecule is CCOc1cc(C)c(C2(C)NC(=O)NC2=O)cc1C. The number of amides is 3. The van der Waals surface area contributed by atoms with Crippen LogP contribution in [0.15, 0.2) is 12.1 Å². The molecule has 1 aromatic carbocycles. The number of aryl methyl sites for hydroxylation is 2. The average molecular weight is 262 g/mol. The van der Waals surface area contributed by atoms with Gasteiger partial charge in [-0.1, -0.05) is 0 Å². The molecule has 5 nitrogen and oxygen atoms in total. The maximum atomic E-state index is 12.0. The summed E-state index contributed by atoms with van der Waals surface area (Å²) in [4.78, 5) is 23.3. The monoisotopic (exact) mass is 262 g/mol. The number of nitrogens with one attached hydrogen (secondary N) is 2. The van der Waals surface area contributed by atoms with Crippen molar-refractivity contribution in [2.24, 2.45) is 0 Å². The Kier molecular flexibility index (Phi) is 3.22. The second kappa shape index (κ2) is 4.57. The number of benzene rings is 1. The molecular weight excluding hydrogens is 244 g/mol. The summed E-state index contributed by atoms with van der Waals surface area (Å²) < 4.78 is 5.53. The van der Waals surface area contributed by atoms with Gasteiger partial charge in [0.1, 0.15) is 11.3 Å².